The van der Waals surface area contributed by atoms with Gasteiger partial charge in [-0.2, -0.15) is 4.79 Å². The molecule has 9 heavy (non-hydrogen) atoms. The maximum Gasteiger partial charge on any atom is 0.272 e. The molecule has 0 saturated heterocycles. The number of fused-ring (bicyclic) bond motifs is 2. The third-order valence-corrected chi connectivity index (χ3v) is 2.64. The molecule has 0 heterocycles. The van der Waals surface area contributed by atoms with E-state index in [4.69, 9.17) is 5.53 Å². The predicted octanol–water partition coefficient (Wildman–Crippen LogP) is 1.48. The molecule has 0 N–H and O–H groups in total. The molecule has 48 valence electrons. The third-order valence-electron chi connectivity index (χ3n) is 2.64. The molecule has 2 fully saturated rings. The molecule has 0 aliphatic heterocycles. The van der Waals surface area contributed by atoms with E-state index in [-0.39, 0.29) is 0 Å². The third kappa shape index (κ3) is 0.632. The second-order valence-electron chi connectivity index (χ2n) is 3.17. The summed E-state index contributed by atoms with van der Waals surface area (Å²) in [4.78, 5) is 3.29. The average Bonchev–Trinajstić information content (AvgIpc) is 2.45. The molecule has 2 heteroatoms. The summed E-state index contributed by atoms with van der Waals surface area (Å²) < 4.78 is 0. The maximum absolute atomic E-state index is 8.48. The molecular formula is C7H10N2. The minimum Gasteiger partial charge on any atom is -0.362 e. The Hall–Kier alpha value is -0.620. The number of hydrogen-bond donors (Lipinski definition) is 0. The molecule has 2 bridgehead atoms. The molecule has 0 aromatic carbocycles. The van der Waals surface area contributed by atoms with Crippen LogP contribution in [-0.4, -0.2) is 10.5 Å². The lowest BCUT2D eigenvalue weighted by molar-refractivity contribution is -0.0147. The van der Waals surface area contributed by atoms with Crippen LogP contribution in [0.5, 0.6) is 0 Å². The van der Waals surface area contributed by atoms with Gasteiger partial charge in [0.15, 0.2) is 0 Å². The van der Waals surface area contributed by atoms with Crippen LogP contribution >= 0.6 is 0 Å². The minimum absolute atomic E-state index is 0.653. The summed E-state index contributed by atoms with van der Waals surface area (Å²) in [6, 6.07) is 0. The van der Waals surface area contributed by atoms with Crippen LogP contribution in [0.15, 0.2) is 0 Å². The van der Waals surface area contributed by atoms with Crippen LogP contribution in [-0.2, 0) is 0 Å². The molecule has 2 aliphatic carbocycles. The summed E-state index contributed by atoms with van der Waals surface area (Å²) in [6.07, 6.45) is 4.99. The average molecular weight is 122 g/mol. The zero-order valence-electron chi connectivity index (χ0n) is 5.38. The SMILES string of the molecule is [N-]=[N+]=C1CC2CC[C@@H]1C2. The van der Waals surface area contributed by atoms with Crippen LogP contribution < -0.4 is 0 Å². The van der Waals surface area contributed by atoms with Crippen molar-refractivity contribution in [3.63, 3.8) is 0 Å². The van der Waals surface area contributed by atoms with E-state index in [1.807, 2.05) is 0 Å². The van der Waals surface area contributed by atoms with Crippen LogP contribution in [0.25, 0.3) is 5.53 Å². The maximum atomic E-state index is 8.48. The molecule has 2 nitrogen and oxygen atoms in total. The smallest absolute Gasteiger partial charge is 0.272 e. The molecule has 0 spiro atoms. The first-order valence-corrected chi connectivity index (χ1v) is 3.61. The molecule has 2 saturated carbocycles. The molecule has 2 aliphatic rings. The zero-order valence-corrected chi connectivity index (χ0v) is 5.38. The Balaban J connectivity index is 2.28. The number of hydrogen-bond acceptors (Lipinski definition) is 0. The molecule has 0 amide bonds. The van der Waals surface area contributed by atoms with E-state index < -0.39 is 0 Å². The highest BCUT2D eigenvalue weighted by Gasteiger charge is 2.41. The molecule has 2 rings (SSSR count). The van der Waals surface area contributed by atoms with Crippen molar-refractivity contribution in [2.75, 3.05) is 0 Å². The van der Waals surface area contributed by atoms with Gasteiger partial charge >= 0.3 is 0 Å². The second-order valence-corrected chi connectivity index (χ2v) is 3.17. The molecule has 2 atom stereocenters. The Morgan fingerprint density at radius 3 is 2.67 bits per heavy atom. The summed E-state index contributed by atoms with van der Waals surface area (Å²) >= 11 is 0. The summed E-state index contributed by atoms with van der Waals surface area (Å²) in [5.74, 6) is 1.51. The standard InChI is InChI=1S/C7H10N2/c8-9-7-4-5-1-2-6(7)3-5/h5-6H,1-4H2/t5?,6-/m1/s1. The molecule has 0 radical (unpaired) electrons. The Morgan fingerprint density at radius 2 is 2.33 bits per heavy atom. The van der Waals surface area contributed by atoms with Crippen LogP contribution in [0, 0.1) is 11.8 Å². The second kappa shape index (κ2) is 1.68. The largest absolute Gasteiger partial charge is 0.362 e. The fourth-order valence-corrected chi connectivity index (χ4v) is 2.15. The molecule has 1 unspecified atom stereocenters. The van der Waals surface area contributed by atoms with Gasteiger partial charge < -0.3 is 5.53 Å². The van der Waals surface area contributed by atoms with E-state index in [1.165, 1.54) is 19.3 Å². The summed E-state index contributed by atoms with van der Waals surface area (Å²) in [6.45, 7) is 0. The molecule has 0 aromatic heterocycles. The van der Waals surface area contributed by atoms with E-state index >= 15 is 0 Å². The van der Waals surface area contributed by atoms with Crippen molar-refractivity contribution in [3.8, 4) is 0 Å². The summed E-state index contributed by atoms with van der Waals surface area (Å²) in [7, 11) is 0. The van der Waals surface area contributed by atoms with Crippen molar-refractivity contribution in [1.82, 2.24) is 0 Å². The first kappa shape index (κ1) is 5.19. The Labute approximate surface area is 54.5 Å². The van der Waals surface area contributed by atoms with Crippen LogP contribution in [0.4, 0.5) is 0 Å². The van der Waals surface area contributed by atoms with Crippen molar-refractivity contribution in [3.05, 3.63) is 5.53 Å². The zero-order chi connectivity index (χ0) is 6.27. The van der Waals surface area contributed by atoms with Gasteiger partial charge in [0.05, 0.1) is 5.92 Å². The van der Waals surface area contributed by atoms with Gasteiger partial charge in [-0.25, -0.2) is 0 Å². The lowest BCUT2D eigenvalue weighted by Crippen LogP contribution is -2.09. The van der Waals surface area contributed by atoms with Gasteiger partial charge in [-0.1, -0.05) is 0 Å². The minimum atomic E-state index is 0.653. The Morgan fingerprint density at radius 1 is 1.44 bits per heavy atom. The van der Waals surface area contributed by atoms with Crippen LogP contribution in [0.2, 0.25) is 0 Å². The van der Waals surface area contributed by atoms with Gasteiger partial charge in [0.1, 0.15) is 0 Å². The first-order chi connectivity index (χ1) is 4.40. The van der Waals surface area contributed by atoms with Gasteiger partial charge in [0.2, 0.25) is 0 Å². The van der Waals surface area contributed by atoms with Gasteiger partial charge in [-0.3, -0.25) is 0 Å². The van der Waals surface area contributed by atoms with E-state index in [2.05, 4.69) is 4.79 Å². The lowest BCUT2D eigenvalue weighted by atomic mass is 9.99. The van der Waals surface area contributed by atoms with Crippen molar-refractivity contribution in [2.45, 2.75) is 25.7 Å². The first-order valence-electron chi connectivity index (χ1n) is 3.61. The summed E-state index contributed by atoms with van der Waals surface area (Å²) in [5.41, 5.74) is 9.54. The summed E-state index contributed by atoms with van der Waals surface area (Å²) in [5, 5.41) is 0. The van der Waals surface area contributed by atoms with E-state index in [1.54, 1.807) is 0 Å². The van der Waals surface area contributed by atoms with E-state index in [9.17, 15) is 0 Å². The van der Waals surface area contributed by atoms with Crippen molar-refractivity contribution in [1.29, 1.82) is 0 Å². The highest BCUT2D eigenvalue weighted by molar-refractivity contribution is 5.84. The fourth-order valence-electron chi connectivity index (χ4n) is 2.15. The Bertz CT molecular complexity index is 179. The lowest BCUT2D eigenvalue weighted by Gasteiger charge is -2.01. The highest BCUT2D eigenvalue weighted by atomic mass is 14.9. The van der Waals surface area contributed by atoms with E-state index in [0.29, 0.717) is 5.92 Å². The van der Waals surface area contributed by atoms with Gasteiger partial charge in [0, 0.05) is 6.42 Å². The fraction of sp³-hybridized carbons (Fsp3) is 0.857. The molecular weight excluding hydrogens is 112 g/mol. The van der Waals surface area contributed by atoms with Crippen LogP contribution in [0.1, 0.15) is 25.7 Å². The van der Waals surface area contributed by atoms with Crippen molar-refractivity contribution in [2.24, 2.45) is 11.8 Å². The normalized spacial score (nSPS) is 39.3. The van der Waals surface area contributed by atoms with Gasteiger partial charge in [0.25, 0.3) is 5.71 Å². The van der Waals surface area contributed by atoms with Crippen molar-refractivity contribution < 1.29 is 4.79 Å². The highest BCUT2D eigenvalue weighted by Crippen LogP contribution is 2.41. The Kier molecular flexibility index (Phi) is 0.967. The van der Waals surface area contributed by atoms with Crippen molar-refractivity contribution >= 4 is 5.71 Å². The molecule has 0 aromatic rings. The van der Waals surface area contributed by atoms with Crippen LogP contribution in [0.3, 0.4) is 0 Å². The number of rotatable bonds is 0. The quantitative estimate of drug-likeness (QED) is 0.344. The van der Waals surface area contributed by atoms with Gasteiger partial charge in [-0.05, 0) is 25.2 Å². The topological polar surface area (TPSA) is 36.4 Å². The predicted molar refractivity (Wildman–Crippen MR) is 34.1 cm³/mol. The number of nitrogens with zero attached hydrogens (tertiary/aromatic N) is 2. The van der Waals surface area contributed by atoms with Gasteiger partial charge in [-0.15, -0.1) is 0 Å². The van der Waals surface area contributed by atoms with E-state index in [0.717, 1.165) is 18.1 Å². The monoisotopic (exact) mass is 122 g/mol.